The first-order valence-electron chi connectivity index (χ1n) is 9.60. The third-order valence-electron chi connectivity index (χ3n) is 4.43. The van der Waals surface area contributed by atoms with Crippen molar-refractivity contribution in [1.82, 2.24) is 5.32 Å². The SMILES string of the molecule is CC(C)Oc1ccccc1C(=O)Nc1ccccc1C(=O)NCC1CCCO1. The molecule has 2 aromatic carbocycles. The number of nitrogens with one attached hydrogen (secondary N) is 2. The minimum absolute atomic E-state index is 0.0511. The fraction of sp³-hybridized carbons (Fsp3) is 0.364. The molecule has 28 heavy (non-hydrogen) atoms. The van der Waals surface area contributed by atoms with Gasteiger partial charge in [0.25, 0.3) is 11.8 Å². The van der Waals surface area contributed by atoms with Gasteiger partial charge in [-0.05, 0) is 51.0 Å². The molecule has 1 heterocycles. The zero-order valence-corrected chi connectivity index (χ0v) is 16.2. The van der Waals surface area contributed by atoms with E-state index in [1.54, 1.807) is 42.5 Å². The number of carbonyl (C=O) groups is 2. The molecule has 1 atom stereocenters. The maximum atomic E-state index is 12.8. The van der Waals surface area contributed by atoms with E-state index in [2.05, 4.69) is 10.6 Å². The molecule has 1 saturated heterocycles. The fourth-order valence-electron chi connectivity index (χ4n) is 3.10. The van der Waals surface area contributed by atoms with Crippen LogP contribution in [0.3, 0.4) is 0 Å². The summed E-state index contributed by atoms with van der Waals surface area (Å²) in [6, 6.07) is 14.0. The smallest absolute Gasteiger partial charge is 0.259 e. The number of amides is 2. The van der Waals surface area contributed by atoms with Gasteiger partial charge in [-0.2, -0.15) is 0 Å². The molecule has 0 aromatic heterocycles. The van der Waals surface area contributed by atoms with Gasteiger partial charge in [-0.3, -0.25) is 9.59 Å². The van der Waals surface area contributed by atoms with Crippen molar-refractivity contribution in [3.63, 3.8) is 0 Å². The molecule has 3 rings (SSSR count). The predicted molar refractivity (Wildman–Crippen MR) is 108 cm³/mol. The number of para-hydroxylation sites is 2. The largest absolute Gasteiger partial charge is 0.490 e. The van der Waals surface area contributed by atoms with Crippen molar-refractivity contribution in [3.8, 4) is 5.75 Å². The van der Waals surface area contributed by atoms with Crippen LogP contribution in [0.15, 0.2) is 48.5 Å². The Labute approximate surface area is 165 Å². The first-order valence-corrected chi connectivity index (χ1v) is 9.60. The Bertz CT molecular complexity index is 829. The third-order valence-corrected chi connectivity index (χ3v) is 4.43. The van der Waals surface area contributed by atoms with Crippen LogP contribution in [0.5, 0.6) is 5.75 Å². The van der Waals surface area contributed by atoms with Crippen molar-refractivity contribution in [2.45, 2.75) is 38.9 Å². The van der Waals surface area contributed by atoms with E-state index in [4.69, 9.17) is 9.47 Å². The monoisotopic (exact) mass is 382 g/mol. The minimum Gasteiger partial charge on any atom is -0.490 e. The van der Waals surface area contributed by atoms with Gasteiger partial charge < -0.3 is 20.1 Å². The number of ether oxygens (including phenoxy) is 2. The summed E-state index contributed by atoms with van der Waals surface area (Å²) in [4.78, 5) is 25.4. The van der Waals surface area contributed by atoms with Gasteiger partial charge in [0.2, 0.25) is 0 Å². The average molecular weight is 382 g/mol. The number of anilines is 1. The molecule has 1 aliphatic heterocycles. The number of rotatable bonds is 7. The number of hydrogen-bond acceptors (Lipinski definition) is 4. The Morgan fingerprint density at radius 2 is 1.79 bits per heavy atom. The lowest BCUT2D eigenvalue weighted by atomic mass is 10.1. The second-order valence-electron chi connectivity index (χ2n) is 7.01. The van der Waals surface area contributed by atoms with Crippen LogP contribution in [-0.2, 0) is 4.74 Å². The zero-order chi connectivity index (χ0) is 19.9. The van der Waals surface area contributed by atoms with Gasteiger partial charge in [0, 0.05) is 13.2 Å². The summed E-state index contributed by atoms with van der Waals surface area (Å²) in [5.41, 5.74) is 1.29. The standard InChI is InChI=1S/C22H26N2O4/c1-15(2)28-20-12-6-4-10-18(20)22(26)24-19-11-5-3-9-17(19)21(25)23-14-16-8-7-13-27-16/h3-6,9-12,15-16H,7-8,13-14H2,1-2H3,(H,23,25)(H,24,26). The maximum Gasteiger partial charge on any atom is 0.259 e. The highest BCUT2D eigenvalue weighted by Gasteiger charge is 2.19. The van der Waals surface area contributed by atoms with Gasteiger partial charge in [-0.15, -0.1) is 0 Å². The summed E-state index contributed by atoms with van der Waals surface area (Å²) in [6.07, 6.45) is 1.98. The summed E-state index contributed by atoms with van der Waals surface area (Å²) >= 11 is 0. The van der Waals surface area contributed by atoms with Crippen molar-refractivity contribution in [1.29, 1.82) is 0 Å². The van der Waals surface area contributed by atoms with Crippen LogP contribution in [0.4, 0.5) is 5.69 Å². The van der Waals surface area contributed by atoms with E-state index in [9.17, 15) is 9.59 Å². The van der Waals surface area contributed by atoms with Gasteiger partial charge in [0.15, 0.2) is 0 Å². The van der Waals surface area contributed by atoms with E-state index in [1.807, 2.05) is 19.9 Å². The average Bonchev–Trinajstić information content (AvgIpc) is 3.20. The summed E-state index contributed by atoms with van der Waals surface area (Å²) in [5.74, 6) is -0.0518. The highest BCUT2D eigenvalue weighted by Crippen LogP contribution is 2.22. The highest BCUT2D eigenvalue weighted by atomic mass is 16.5. The summed E-state index contributed by atoms with van der Waals surface area (Å²) in [5, 5.41) is 5.73. The molecule has 0 saturated carbocycles. The van der Waals surface area contributed by atoms with E-state index in [0.29, 0.717) is 29.1 Å². The molecule has 2 amide bonds. The van der Waals surface area contributed by atoms with E-state index < -0.39 is 0 Å². The number of carbonyl (C=O) groups excluding carboxylic acids is 2. The number of hydrogen-bond donors (Lipinski definition) is 2. The molecular formula is C22H26N2O4. The van der Waals surface area contributed by atoms with Crippen molar-refractivity contribution in [2.24, 2.45) is 0 Å². The van der Waals surface area contributed by atoms with Crippen LogP contribution >= 0.6 is 0 Å². The van der Waals surface area contributed by atoms with Crippen LogP contribution in [0.1, 0.15) is 47.4 Å². The molecule has 2 N–H and O–H groups in total. The Morgan fingerprint density at radius 1 is 1.07 bits per heavy atom. The van der Waals surface area contributed by atoms with Crippen molar-refractivity contribution >= 4 is 17.5 Å². The Morgan fingerprint density at radius 3 is 2.50 bits per heavy atom. The summed E-state index contributed by atoms with van der Waals surface area (Å²) in [7, 11) is 0. The Balaban J connectivity index is 1.72. The van der Waals surface area contributed by atoms with E-state index in [1.165, 1.54) is 0 Å². The Kier molecular flexibility index (Phi) is 6.66. The summed E-state index contributed by atoms with van der Waals surface area (Å²) in [6.45, 7) is 5.02. The summed E-state index contributed by atoms with van der Waals surface area (Å²) < 4.78 is 11.3. The van der Waals surface area contributed by atoms with Crippen LogP contribution in [0.25, 0.3) is 0 Å². The fourth-order valence-corrected chi connectivity index (χ4v) is 3.10. The molecule has 0 spiro atoms. The molecule has 1 fully saturated rings. The lowest BCUT2D eigenvalue weighted by Gasteiger charge is -2.16. The zero-order valence-electron chi connectivity index (χ0n) is 16.2. The van der Waals surface area contributed by atoms with E-state index in [-0.39, 0.29) is 24.0 Å². The third kappa shape index (κ3) is 5.10. The number of benzene rings is 2. The minimum atomic E-state index is -0.323. The molecule has 0 bridgehead atoms. The normalized spacial score (nSPS) is 16.0. The molecule has 148 valence electrons. The van der Waals surface area contributed by atoms with Gasteiger partial charge in [0.05, 0.1) is 29.0 Å². The van der Waals surface area contributed by atoms with Gasteiger partial charge in [-0.25, -0.2) is 0 Å². The molecular weight excluding hydrogens is 356 g/mol. The molecule has 0 radical (unpaired) electrons. The molecule has 1 aliphatic rings. The molecule has 1 unspecified atom stereocenters. The maximum absolute atomic E-state index is 12.8. The first-order chi connectivity index (χ1) is 13.5. The second-order valence-corrected chi connectivity index (χ2v) is 7.01. The van der Waals surface area contributed by atoms with Gasteiger partial charge in [0.1, 0.15) is 5.75 Å². The lowest BCUT2D eigenvalue weighted by molar-refractivity contribution is 0.0858. The van der Waals surface area contributed by atoms with Crippen molar-refractivity contribution in [2.75, 3.05) is 18.5 Å². The van der Waals surface area contributed by atoms with Gasteiger partial charge in [-0.1, -0.05) is 24.3 Å². The van der Waals surface area contributed by atoms with Gasteiger partial charge >= 0.3 is 0 Å². The highest BCUT2D eigenvalue weighted by molar-refractivity contribution is 6.10. The first kappa shape index (κ1) is 19.9. The van der Waals surface area contributed by atoms with Crippen LogP contribution in [0.2, 0.25) is 0 Å². The van der Waals surface area contributed by atoms with Crippen LogP contribution in [0, 0.1) is 0 Å². The molecule has 6 nitrogen and oxygen atoms in total. The predicted octanol–water partition coefficient (Wildman–Crippen LogP) is 3.63. The molecule has 6 heteroatoms. The van der Waals surface area contributed by atoms with E-state index in [0.717, 1.165) is 19.4 Å². The molecule has 0 aliphatic carbocycles. The quantitative estimate of drug-likeness (QED) is 0.767. The van der Waals surface area contributed by atoms with Crippen molar-refractivity contribution in [3.05, 3.63) is 59.7 Å². The lowest BCUT2D eigenvalue weighted by Crippen LogP contribution is -2.32. The Hall–Kier alpha value is -2.86. The van der Waals surface area contributed by atoms with Crippen LogP contribution < -0.4 is 15.4 Å². The van der Waals surface area contributed by atoms with E-state index >= 15 is 0 Å². The second kappa shape index (κ2) is 9.37. The topological polar surface area (TPSA) is 76.7 Å². The van der Waals surface area contributed by atoms with Crippen LogP contribution in [-0.4, -0.2) is 37.2 Å². The van der Waals surface area contributed by atoms with Crippen molar-refractivity contribution < 1.29 is 19.1 Å². The molecule has 2 aromatic rings.